The van der Waals surface area contributed by atoms with Crippen LogP contribution in [0.25, 0.3) is 32.2 Å². The Morgan fingerprint density at radius 3 is 2.18 bits per heavy atom. The molecule has 0 aliphatic heterocycles. The third kappa shape index (κ3) is 9.97. The van der Waals surface area contributed by atoms with E-state index in [1.165, 1.54) is 47.9 Å². The molecule has 2 aromatic heterocycles. The van der Waals surface area contributed by atoms with Gasteiger partial charge in [0.2, 0.25) is 0 Å². The Bertz CT molecular complexity index is 1860. The minimum atomic E-state index is -1.71. The molecular formula is C43H63IrN2O2SSi2-. The van der Waals surface area contributed by atoms with Crippen molar-refractivity contribution in [3.8, 4) is 11.3 Å². The first-order chi connectivity index (χ1) is 23.9. The van der Waals surface area contributed by atoms with Gasteiger partial charge in [0.05, 0.1) is 27.4 Å². The first-order valence-corrected chi connectivity index (χ1v) is 26.5. The molecule has 5 rings (SSSR count). The SMILES string of the molecule is CCC(CC)C(=O)/C=C(\O)C(CC)CC.[2H]c1nc(-c2[c-]c3ccccc3c([Si](C)(C)C)c2)c2sc([Si](C)(C)C3CCC(C)(C)CC3)c(C)c2n1.[Ir]. The van der Waals surface area contributed by atoms with Crippen molar-refractivity contribution < 1.29 is 31.4 Å². The summed E-state index contributed by atoms with van der Waals surface area (Å²) in [5, 5.41) is 13.6. The number of carbonyl (C=O) groups excluding carboxylic acids is 1. The van der Waals surface area contributed by atoms with Crippen molar-refractivity contribution in [3.05, 3.63) is 60.1 Å². The number of aromatic nitrogens is 2. The summed E-state index contributed by atoms with van der Waals surface area (Å²) in [7, 11) is -3.32. The van der Waals surface area contributed by atoms with Crippen molar-refractivity contribution in [2.45, 2.75) is 138 Å². The second kappa shape index (κ2) is 17.9. The molecule has 0 saturated heterocycles. The van der Waals surface area contributed by atoms with E-state index in [0.29, 0.717) is 5.41 Å². The Labute approximate surface area is 330 Å². The van der Waals surface area contributed by atoms with Gasteiger partial charge in [0.1, 0.15) is 7.67 Å². The zero-order valence-electron chi connectivity index (χ0n) is 34.3. The van der Waals surface area contributed by atoms with Gasteiger partial charge in [-0.05, 0) is 66.5 Å². The molecule has 2 aromatic carbocycles. The number of benzene rings is 2. The van der Waals surface area contributed by atoms with Crippen molar-refractivity contribution in [2.75, 3.05) is 0 Å². The summed E-state index contributed by atoms with van der Waals surface area (Å²) < 4.78 is 11.2. The summed E-state index contributed by atoms with van der Waals surface area (Å²) in [5.41, 5.74) is 5.46. The number of carbonyl (C=O) groups is 1. The molecule has 0 unspecified atom stereocenters. The smallest absolute Gasteiger partial charge is 0.162 e. The van der Waals surface area contributed by atoms with E-state index in [-0.39, 0.29) is 49.8 Å². The van der Waals surface area contributed by atoms with Crippen LogP contribution < -0.4 is 9.69 Å². The molecule has 1 aliphatic rings. The van der Waals surface area contributed by atoms with Gasteiger partial charge >= 0.3 is 0 Å². The molecule has 51 heavy (non-hydrogen) atoms. The Morgan fingerprint density at radius 2 is 1.61 bits per heavy atom. The topological polar surface area (TPSA) is 63.1 Å². The van der Waals surface area contributed by atoms with Crippen LogP contribution in [0.15, 0.2) is 48.5 Å². The predicted octanol–water partition coefficient (Wildman–Crippen LogP) is 11.9. The standard InChI is InChI=1S/C30H39N2SSi2.C13H24O2.Ir/c1-20-26-28(33-29(20)35(7,8)23-13-15-30(2,3)16-14-23)27(32-19-31-26)22-17-21-11-9-10-12-24(21)25(18-22)34(4,5)6;1-5-10(6-2)12(14)9-13(15)11(7-3)8-4;/h9-12,18-19,23H,13-16H2,1-8H3;9-11,14H,5-8H2,1-4H3;/q-1;;/b;12-9-;/i19D;;. The van der Waals surface area contributed by atoms with E-state index in [1.807, 2.05) is 39.0 Å². The van der Waals surface area contributed by atoms with Crippen molar-refractivity contribution >= 4 is 63.9 Å². The van der Waals surface area contributed by atoms with Crippen LogP contribution in [0.5, 0.6) is 0 Å². The van der Waals surface area contributed by atoms with Gasteiger partial charge in [-0.2, -0.15) is 0 Å². The van der Waals surface area contributed by atoms with E-state index < -0.39 is 16.1 Å². The molecule has 0 bridgehead atoms. The number of hydrogen-bond donors (Lipinski definition) is 1. The van der Waals surface area contributed by atoms with Crippen LogP contribution in [0, 0.1) is 30.2 Å². The Balaban J connectivity index is 0.000000389. The number of aliphatic hydroxyl groups is 1. The van der Waals surface area contributed by atoms with E-state index in [0.717, 1.165) is 58.1 Å². The maximum Gasteiger partial charge on any atom is 0.162 e. The summed E-state index contributed by atoms with van der Waals surface area (Å²) in [6.07, 6.45) is 10.3. The van der Waals surface area contributed by atoms with Gasteiger partial charge in [-0.15, -0.1) is 40.1 Å². The number of aryl methyl sites for hydroxylation is 1. The van der Waals surface area contributed by atoms with Crippen LogP contribution in [0.1, 0.15) is 99.8 Å². The maximum atomic E-state index is 11.7. The number of aliphatic hydroxyl groups excluding tert-OH is 1. The van der Waals surface area contributed by atoms with Crippen LogP contribution in [0.2, 0.25) is 38.3 Å². The van der Waals surface area contributed by atoms with E-state index in [9.17, 15) is 9.90 Å². The molecule has 2 heterocycles. The van der Waals surface area contributed by atoms with Gasteiger partial charge in [0, 0.05) is 48.4 Å². The number of fused-ring (bicyclic) bond motifs is 2. The van der Waals surface area contributed by atoms with Gasteiger partial charge in [0.15, 0.2) is 5.78 Å². The van der Waals surface area contributed by atoms with Gasteiger partial charge in [-0.1, -0.05) is 116 Å². The predicted molar refractivity (Wildman–Crippen MR) is 224 cm³/mol. The minimum absolute atomic E-state index is 0. The third-order valence-electron chi connectivity index (χ3n) is 11.5. The largest absolute Gasteiger partial charge is 0.512 e. The summed E-state index contributed by atoms with van der Waals surface area (Å²) in [6, 6.07) is 14.6. The molecule has 1 N–H and O–H groups in total. The van der Waals surface area contributed by atoms with Gasteiger partial charge in [-0.3, -0.25) is 9.78 Å². The number of nitrogens with zero attached hydrogens (tertiary/aromatic N) is 2. The maximum absolute atomic E-state index is 11.7. The first kappa shape index (κ1) is 41.8. The average Bonchev–Trinajstić information content (AvgIpc) is 3.41. The molecule has 0 amide bonds. The monoisotopic (exact) mass is 921 g/mol. The number of thiophene rings is 1. The first-order valence-electron chi connectivity index (χ1n) is 19.6. The van der Waals surface area contributed by atoms with Crippen LogP contribution in [-0.4, -0.2) is 37.0 Å². The van der Waals surface area contributed by atoms with Crippen LogP contribution >= 0.6 is 11.3 Å². The summed E-state index contributed by atoms with van der Waals surface area (Å²) in [5.74, 6) is 0.547. The fourth-order valence-corrected chi connectivity index (χ4v) is 15.5. The molecule has 1 fully saturated rings. The van der Waals surface area contributed by atoms with Crippen molar-refractivity contribution in [3.63, 3.8) is 0 Å². The zero-order chi connectivity index (χ0) is 37.9. The Kier molecular flexibility index (Phi) is 14.7. The summed E-state index contributed by atoms with van der Waals surface area (Å²) in [4.78, 5) is 21.1. The second-order valence-electron chi connectivity index (χ2n) is 17.0. The molecule has 0 atom stereocenters. The Morgan fingerprint density at radius 1 is 1.02 bits per heavy atom. The molecular weight excluding hydrogens is 857 g/mol. The van der Waals surface area contributed by atoms with Crippen molar-refractivity contribution in [1.82, 2.24) is 9.97 Å². The van der Waals surface area contributed by atoms with Gasteiger partial charge < -0.3 is 5.11 Å². The summed E-state index contributed by atoms with van der Waals surface area (Å²) in [6.45, 7) is 27.5. The zero-order valence-corrected chi connectivity index (χ0v) is 38.6. The molecule has 281 valence electrons. The second-order valence-corrected chi connectivity index (χ2v) is 28.1. The molecule has 0 spiro atoms. The molecule has 8 heteroatoms. The summed E-state index contributed by atoms with van der Waals surface area (Å²) >= 11 is 1.92. The minimum Gasteiger partial charge on any atom is -0.512 e. The van der Waals surface area contributed by atoms with Crippen LogP contribution in [0.3, 0.4) is 0 Å². The quantitative estimate of drug-likeness (QED) is 0.0705. The van der Waals surface area contributed by atoms with Gasteiger partial charge in [-0.25, -0.2) is 4.98 Å². The number of hydrogen-bond acceptors (Lipinski definition) is 5. The molecule has 1 radical (unpaired) electrons. The van der Waals surface area contributed by atoms with E-state index in [1.54, 1.807) is 4.50 Å². The normalized spacial score (nSPS) is 15.9. The molecule has 4 nitrogen and oxygen atoms in total. The Hall–Kier alpha value is -1.97. The molecule has 1 aliphatic carbocycles. The van der Waals surface area contributed by atoms with Gasteiger partial charge in [0.25, 0.3) is 0 Å². The van der Waals surface area contributed by atoms with E-state index in [4.69, 9.17) is 6.35 Å². The number of ketones is 1. The third-order valence-corrected chi connectivity index (χ3v) is 20.7. The van der Waals surface area contributed by atoms with E-state index in [2.05, 4.69) is 94.9 Å². The van der Waals surface area contributed by atoms with Crippen molar-refractivity contribution in [2.24, 2.45) is 17.3 Å². The van der Waals surface area contributed by atoms with Crippen LogP contribution in [0.4, 0.5) is 0 Å². The fourth-order valence-electron chi connectivity index (χ4n) is 7.84. The fraction of sp³-hybridized carbons (Fsp3) is 0.558. The average molecular weight is 921 g/mol. The number of rotatable bonds is 11. The molecule has 4 aromatic rings. The number of allylic oxidation sites excluding steroid dienone is 2. The van der Waals surface area contributed by atoms with Crippen LogP contribution in [-0.2, 0) is 24.9 Å². The van der Waals surface area contributed by atoms with Crippen molar-refractivity contribution in [1.29, 1.82) is 0 Å². The molecule has 1 saturated carbocycles. The van der Waals surface area contributed by atoms with E-state index >= 15 is 0 Å².